The minimum absolute atomic E-state index is 0.0308. The zero-order valence-electron chi connectivity index (χ0n) is 12.8. The first kappa shape index (κ1) is 15.6. The summed E-state index contributed by atoms with van der Waals surface area (Å²) in [6.07, 6.45) is 4.81. The van der Waals surface area contributed by atoms with E-state index in [4.69, 9.17) is 5.11 Å². The first-order valence-electron chi connectivity index (χ1n) is 7.63. The number of aliphatic hydroxyl groups is 1. The van der Waals surface area contributed by atoms with Gasteiger partial charge in [-0.2, -0.15) is 0 Å². The van der Waals surface area contributed by atoms with Crippen LogP contribution in [0.15, 0.2) is 24.4 Å². The van der Waals surface area contributed by atoms with Gasteiger partial charge in [-0.15, -0.1) is 0 Å². The second kappa shape index (κ2) is 7.27. The fourth-order valence-corrected chi connectivity index (χ4v) is 2.68. The van der Waals surface area contributed by atoms with Crippen LogP contribution in [0.1, 0.15) is 37.8 Å². The third kappa shape index (κ3) is 3.85. The lowest BCUT2D eigenvalue weighted by molar-refractivity contribution is -0.121. The molecule has 4 heteroatoms. The number of aryl methyl sites for hydroxylation is 1. The highest BCUT2D eigenvalue weighted by Crippen LogP contribution is 2.22. The van der Waals surface area contributed by atoms with Crippen LogP contribution in [0.4, 0.5) is 0 Å². The number of nitrogens with one attached hydrogen (secondary N) is 2. The SMILES string of the molecule is CCc1cccc2c(CC(=O)NC(C)CCCO)c[nH]c12. The third-order valence-electron chi connectivity index (χ3n) is 3.82. The number of amides is 1. The molecule has 2 rings (SSSR count). The van der Waals surface area contributed by atoms with E-state index in [0.717, 1.165) is 29.3 Å². The van der Waals surface area contributed by atoms with Crippen LogP contribution < -0.4 is 5.32 Å². The lowest BCUT2D eigenvalue weighted by atomic mass is 10.1. The Morgan fingerprint density at radius 1 is 1.38 bits per heavy atom. The van der Waals surface area contributed by atoms with Crippen molar-refractivity contribution in [3.05, 3.63) is 35.5 Å². The molecule has 4 nitrogen and oxygen atoms in total. The summed E-state index contributed by atoms with van der Waals surface area (Å²) in [5.41, 5.74) is 3.44. The average molecular weight is 288 g/mol. The number of rotatable bonds is 7. The maximum absolute atomic E-state index is 12.1. The number of H-pyrrole nitrogens is 1. The van der Waals surface area contributed by atoms with Crippen LogP contribution in [-0.4, -0.2) is 28.6 Å². The normalized spacial score (nSPS) is 12.5. The van der Waals surface area contributed by atoms with E-state index in [-0.39, 0.29) is 18.6 Å². The van der Waals surface area contributed by atoms with E-state index in [9.17, 15) is 4.79 Å². The highest BCUT2D eigenvalue weighted by Gasteiger charge is 2.12. The molecule has 1 aromatic heterocycles. The molecule has 1 amide bonds. The number of aromatic amines is 1. The average Bonchev–Trinajstić information content (AvgIpc) is 2.88. The summed E-state index contributed by atoms with van der Waals surface area (Å²) in [7, 11) is 0. The molecule has 2 aromatic rings. The first-order valence-corrected chi connectivity index (χ1v) is 7.63. The van der Waals surface area contributed by atoms with Gasteiger partial charge in [0.1, 0.15) is 0 Å². The van der Waals surface area contributed by atoms with Crippen LogP contribution in [0, 0.1) is 0 Å². The highest BCUT2D eigenvalue weighted by atomic mass is 16.3. The number of carbonyl (C=O) groups excluding carboxylic acids is 1. The molecule has 0 aliphatic carbocycles. The standard InChI is InChI=1S/C17H24N2O2/c1-3-13-7-4-8-15-14(11-18-17(13)15)10-16(21)19-12(2)6-5-9-20/h4,7-8,11-12,18,20H,3,5-6,9-10H2,1-2H3,(H,19,21). The topological polar surface area (TPSA) is 65.1 Å². The summed E-state index contributed by atoms with van der Waals surface area (Å²) in [5.74, 6) is 0.0308. The van der Waals surface area contributed by atoms with Crippen LogP contribution in [0.25, 0.3) is 10.9 Å². The van der Waals surface area contributed by atoms with Crippen molar-refractivity contribution in [3.8, 4) is 0 Å². The van der Waals surface area contributed by atoms with Crippen LogP contribution >= 0.6 is 0 Å². The van der Waals surface area contributed by atoms with Crippen molar-refractivity contribution in [2.45, 2.75) is 45.6 Å². The summed E-state index contributed by atoms with van der Waals surface area (Å²) in [6.45, 7) is 4.27. The minimum Gasteiger partial charge on any atom is -0.396 e. The predicted molar refractivity (Wildman–Crippen MR) is 85.3 cm³/mol. The van der Waals surface area contributed by atoms with Crippen molar-refractivity contribution in [1.82, 2.24) is 10.3 Å². The smallest absolute Gasteiger partial charge is 0.224 e. The van der Waals surface area contributed by atoms with Crippen molar-refractivity contribution in [1.29, 1.82) is 0 Å². The van der Waals surface area contributed by atoms with Gasteiger partial charge in [-0.3, -0.25) is 4.79 Å². The summed E-state index contributed by atoms with van der Waals surface area (Å²) in [4.78, 5) is 15.4. The van der Waals surface area contributed by atoms with Gasteiger partial charge in [0.2, 0.25) is 5.91 Å². The third-order valence-corrected chi connectivity index (χ3v) is 3.82. The second-order valence-corrected chi connectivity index (χ2v) is 5.52. The van der Waals surface area contributed by atoms with Gasteiger partial charge >= 0.3 is 0 Å². The lowest BCUT2D eigenvalue weighted by Gasteiger charge is -2.12. The quantitative estimate of drug-likeness (QED) is 0.733. The Labute approximate surface area is 125 Å². The molecule has 21 heavy (non-hydrogen) atoms. The van der Waals surface area contributed by atoms with Crippen LogP contribution in [0.3, 0.4) is 0 Å². The largest absolute Gasteiger partial charge is 0.396 e. The van der Waals surface area contributed by atoms with E-state index in [1.54, 1.807) is 0 Å². The van der Waals surface area contributed by atoms with E-state index >= 15 is 0 Å². The number of aliphatic hydroxyl groups excluding tert-OH is 1. The van der Waals surface area contributed by atoms with Crippen LogP contribution in [0.5, 0.6) is 0 Å². The maximum atomic E-state index is 12.1. The van der Waals surface area contributed by atoms with Crippen LogP contribution in [-0.2, 0) is 17.6 Å². The number of para-hydroxylation sites is 1. The zero-order valence-corrected chi connectivity index (χ0v) is 12.8. The molecule has 1 atom stereocenters. The highest BCUT2D eigenvalue weighted by molar-refractivity contribution is 5.90. The van der Waals surface area contributed by atoms with Gasteiger partial charge in [0.15, 0.2) is 0 Å². The molecule has 1 aromatic carbocycles. The molecule has 0 spiro atoms. The molecule has 0 saturated carbocycles. The molecular formula is C17H24N2O2. The van der Waals surface area contributed by atoms with Crippen molar-refractivity contribution in [3.63, 3.8) is 0 Å². The second-order valence-electron chi connectivity index (χ2n) is 5.52. The van der Waals surface area contributed by atoms with E-state index in [1.165, 1.54) is 5.56 Å². The summed E-state index contributed by atoms with van der Waals surface area (Å²) >= 11 is 0. The Bertz CT molecular complexity index is 604. The van der Waals surface area contributed by atoms with Gasteiger partial charge in [-0.25, -0.2) is 0 Å². The van der Waals surface area contributed by atoms with Crippen molar-refractivity contribution < 1.29 is 9.90 Å². The van der Waals surface area contributed by atoms with Gasteiger partial charge in [-0.05, 0) is 37.3 Å². The number of benzene rings is 1. The first-order chi connectivity index (χ1) is 10.2. The van der Waals surface area contributed by atoms with Gasteiger partial charge in [0.25, 0.3) is 0 Å². The number of aromatic nitrogens is 1. The summed E-state index contributed by atoms with van der Waals surface area (Å²) in [5, 5.41) is 12.9. The minimum atomic E-state index is 0.0308. The Kier molecular flexibility index (Phi) is 5.39. The molecule has 114 valence electrons. The summed E-state index contributed by atoms with van der Waals surface area (Å²) in [6, 6.07) is 6.31. The Balaban J connectivity index is 2.04. The lowest BCUT2D eigenvalue weighted by Crippen LogP contribution is -2.33. The van der Waals surface area contributed by atoms with Gasteiger partial charge in [0, 0.05) is 29.7 Å². The van der Waals surface area contributed by atoms with E-state index in [2.05, 4.69) is 29.4 Å². The predicted octanol–water partition coefficient (Wildman–Crippen LogP) is 2.55. The van der Waals surface area contributed by atoms with E-state index in [1.807, 2.05) is 19.2 Å². The van der Waals surface area contributed by atoms with E-state index in [0.29, 0.717) is 12.8 Å². The van der Waals surface area contributed by atoms with Crippen molar-refractivity contribution in [2.75, 3.05) is 6.61 Å². The zero-order chi connectivity index (χ0) is 15.2. The Hall–Kier alpha value is -1.81. The van der Waals surface area contributed by atoms with Gasteiger partial charge in [-0.1, -0.05) is 25.1 Å². The molecular weight excluding hydrogens is 264 g/mol. The number of carbonyl (C=O) groups is 1. The fourth-order valence-electron chi connectivity index (χ4n) is 2.68. The summed E-state index contributed by atoms with van der Waals surface area (Å²) < 4.78 is 0. The molecule has 0 aliphatic rings. The molecule has 0 radical (unpaired) electrons. The van der Waals surface area contributed by atoms with Crippen LogP contribution in [0.2, 0.25) is 0 Å². The molecule has 0 fully saturated rings. The molecule has 3 N–H and O–H groups in total. The van der Waals surface area contributed by atoms with Gasteiger partial charge in [0.05, 0.1) is 6.42 Å². The molecule has 1 unspecified atom stereocenters. The fraction of sp³-hybridized carbons (Fsp3) is 0.471. The van der Waals surface area contributed by atoms with E-state index < -0.39 is 0 Å². The Morgan fingerprint density at radius 3 is 2.90 bits per heavy atom. The Morgan fingerprint density at radius 2 is 2.19 bits per heavy atom. The van der Waals surface area contributed by atoms with Crippen molar-refractivity contribution in [2.24, 2.45) is 0 Å². The molecule has 0 aliphatic heterocycles. The number of hydrogen-bond acceptors (Lipinski definition) is 2. The molecule has 0 saturated heterocycles. The maximum Gasteiger partial charge on any atom is 0.224 e. The van der Waals surface area contributed by atoms with Gasteiger partial charge < -0.3 is 15.4 Å². The number of hydrogen-bond donors (Lipinski definition) is 3. The monoisotopic (exact) mass is 288 g/mol. The molecule has 1 heterocycles. The molecule has 0 bridgehead atoms. The number of fused-ring (bicyclic) bond motifs is 1. The van der Waals surface area contributed by atoms with Crippen molar-refractivity contribution >= 4 is 16.8 Å².